The summed E-state index contributed by atoms with van der Waals surface area (Å²) in [7, 11) is 0. The summed E-state index contributed by atoms with van der Waals surface area (Å²) in [6.07, 6.45) is 4.38. The molecule has 0 aromatic heterocycles. The molecule has 0 saturated heterocycles. The van der Waals surface area contributed by atoms with Crippen molar-refractivity contribution in [2.75, 3.05) is 0 Å². The van der Waals surface area contributed by atoms with Crippen LogP contribution < -0.4 is 0 Å². The molecule has 4 aliphatic rings. The van der Waals surface area contributed by atoms with Crippen LogP contribution in [0.15, 0.2) is 57.2 Å². The van der Waals surface area contributed by atoms with Crippen LogP contribution in [-0.2, 0) is 0 Å². The van der Waals surface area contributed by atoms with E-state index in [0.29, 0.717) is 0 Å². The van der Waals surface area contributed by atoms with Crippen LogP contribution in [0.3, 0.4) is 0 Å². The van der Waals surface area contributed by atoms with Gasteiger partial charge in [0.15, 0.2) is 0 Å². The maximum Gasteiger partial charge on any atom is 0 e. The molecule has 0 aromatic rings. The van der Waals surface area contributed by atoms with Gasteiger partial charge in [-0.05, 0) is 140 Å². The van der Waals surface area contributed by atoms with Gasteiger partial charge in [0.1, 0.15) is 0 Å². The molecular weight excluding hydrogens is 794 g/mol. The maximum atomic E-state index is 3.36. The molecule has 0 fully saturated rings. The molecule has 276 valence electrons. The molecule has 0 nitrogen and oxygen atoms in total. The average molecular weight is 877 g/mol. The predicted molar refractivity (Wildman–Crippen MR) is 237 cm³/mol. The summed E-state index contributed by atoms with van der Waals surface area (Å²) in [5.74, 6) is 9.84. The minimum absolute atomic E-state index is 0.782. The molecule has 0 bridgehead atoms. The second kappa shape index (κ2) is 23.6. The fourth-order valence-corrected chi connectivity index (χ4v) is 8.51. The Morgan fingerprint density at radius 2 is 0.574 bits per heavy atom. The minimum Gasteiger partial charge on any atom is -0.103 e. The summed E-state index contributed by atoms with van der Waals surface area (Å²) in [4.78, 5) is 0. The molecule has 4 rings (SSSR count). The lowest BCUT2D eigenvalue weighted by Crippen LogP contribution is -2.20. The zero-order valence-corrected chi connectivity index (χ0v) is 39.7. The van der Waals surface area contributed by atoms with E-state index in [2.05, 4.69) is 182 Å². The molecule has 2 heteroatoms. The highest BCUT2D eigenvalue weighted by molar-refractivity contribution is 15.0. The van der Waals surface area contributed by atoms with Crippen molar-refractivity contribution in [3.63, 3.8) is 0 Å². The van der Waals surface area contributed by atoms with E-state index in [1.165, 1.54) is 12.8 Å². The first-order valence-electron chi connectivity index (χ1n) is 19.1. The lowest BCUT2D eigenvalue weighted by molar-refractivity contribution is 0.267. The SMILES string of the molecule is C=CC.CC1=C(C)[C@H](C)C(C)[C@@H]1C.CC1=C(C)[C@H](C)C(C)[C@@H]1C.CC1=C(C)[C@H](C[C@H]2C(C)=C(C)[C@@H](C)C2C)C(C)[C@@H]1C.CCC.II. The third kappa shape index (κ3) is 12.7. The minimum atomic E-state index is 0.782. The normalized spacial score (nSPS) is 35.9. The second-order valence-corrected chi connectivity index (χ2v) is 16.2. The van der Waals surface area contributed by atoms with Gasteiger partial charge in [0, 0.05) is 37.2 Å². The van der Waals surface area contributed by atoms with Crippen LogP contribution in [0.4, 0.5) is 0 Å². The van der Waals surface area contributed by atoms with Crippen molar-refractivity contribution in [1.82, 2.24) is 0 Å². The molecule has 0 radical (unpaired) electrons. The third-order valence-electron chi connectivity index (χ3n) is 14.2. The van der Waals surface area contributed by atoms with Crippen LogP contribution in [0.2, 0.25) is 0 Å². The summed E-state index contributed by atoms with van der Waals surface area (Å²) in [6.45, 7) is 51.9. The zero-order chi connectivity index (χ0) is 37.7. The van der Waals surface area contributed by atoms with Gasteiger partial charge in [0.05, 0.1) is 0 Å². The second-order valence-electron chi connectivity index (χ2n) is 16.2. The van der Waals surface area contributed by atoms with Gasteiger partial charge in [-0.15, -0.1) is 6.58 Å². The molecule has 0 aliphatic heterocycles. The smallest absolute Gasteiger partial charge is 0 e. The zero-order valence-electron chi connectivity index (χ0n) is 35.4. The largest absolute Gasteiger partial charge is 0.103 e. The van der Waals surface area contributed by atoms with Crippen molar-refractivity contribution in [2.45, 2.75) is 158 Å². The van der Waals surface area contributed by atoms with Gasteiger partial charge in [-0.25, -0.2) is 0 Å². The highest BCUT2D eigenvalue weighted by Gasteiger charge is 2.40. The Bertz CT molecular complexity index is 952. The fourth-order valence-electron chi connectivity index (χ4n) is 8.51. The lowest BCUT2D eigenvalue weighted by atomic mass is 9.76. The van der Waals surface area contributed by atoms with E-state index in [9.17, 15) is 0 Å². The van der Waals surface area contributed by atoms with Crippen LogP contribution in [0, 0.1) is 71.0 Å². The molecule has 12 atom stereocenters. The Morgan fingerprint density at radius 1 is 0.426 bits per heavy atom. The first-order valence-corrected chi connectivity index (χ1v) is 25.4. The van der Waals surface area contributed by atoms with Crippen LogP contribution >= 0.6 is 37.2 Å². The highest BCUT2D eigenvalue weighted by Crippen LogP contribution is 2.50. The first-order chi connectivity index (χ1) is 21.7. The van der Waals surface area contributed by atoms with E-state index in [-0.39, 0.29) is 0 Å². The Morgan fingerprint density at radius 3 is 0.681 bits per heavy atom. The van der Waals surface area contributed by atoms with Gasteiger partial charge in [0.25, 0.3) is 0 Å². The topological polar surface area (TPSA) is 0 Å². The molecule has 0 amide bonds. The van der Waals surface area contributed by atoms with Crippen LogP contribution in [0.1, 0.15) is 158 Å². The molecule has 47 heavy (non-hydrogen) atoms. The van der Waals surface area contributed by atoms with Gasteiger partial charge >= 0.3 is 0 Å². The van der Waals surface area contributed by atoms with Crippen LogP contribution in [-0.4, -0.2) is 0 Å². The number of hydrogen-bond donors (Lipinski definition) is 0. The molecule has 0 heterocycles. The van der Waals surface area contributed by atoms with E-state index in [1.54, 1.807) is 50.7 Å². The number of rotatable bonds is 2. The van der Waals surface area contributed by atoms with Crippen molar-refractivity contribution in [3.8, 4) is 0 Å². The summed E-state index contributed by atoms with van der Waals surface area (Å²) < 4.78 is 0. The van der Waals surface area contributed by atoms with Gasteiger partial charge in [-0.1, -0.05) is 140 Å². The number of halogens is 2. The summed E-state index contributed by atoms with van der Waals surface area (Å²) in [5, 5.41) is 0. The third-order valence-corrected chi connectivity index (χ3v) is 14.2. The molecular formula is C45H82I2. The predicted octanol–water partition coefficient (Wildman–Crippen LogP) is 16.7. The Balaban J connectivity index is 0. The standard InChI is InChI=1S/C19H32.2C10H18.C3H8.C3H6.I2/c1-10-11(2)15(6)18(14(10)5)9-19-16(7)12(3)13(4)17(19)8;2*1-6-7(2)9(4)10(5)8(6)3;2*1-3-2;1-2/h10,12,14,16,18-19H,9H2,1-8H3;2*6-8H,1-5H3;3H2,1-2H3;3H,1H2,2H3;/t10-,12-,14?,16?,18-,19-;2*6?,7-,8+;;;/m1...../s1. The quantitative estimate of drug-likeness (QED) is 0.192. The van der Waals surface area contributed by atoms with Crippen molar-refractivity contribution in [2.24, 2.45) is 71.0 Å². The molecule has 0 aromatic carbocycles. The average Bonchev–Trinajstić information content (AvgIpc) is 3.50. The first kappa shape index (κ1) is 49.3. The van der Waals surface area contributed by atoms with Gasteiger partial charge in [0.2, 0.25) is 0 Å². The van der Waals surface area contributed by atoms with E-state index in [0.717, 1.165) is 71.0 Å². The summed E-state index contributed by atoms with van der Waals surface area (Å²) in [5.41, 5.74) is 13.2. The van der Waals surface area contributed by atoms with E-state index in [1.807, 2.05) is 6.92 Å². The van der Waals surface area contributed by atoms with Gasteiger partial charge in [-0.3, -0.25) is 0 Å². The summed E-state index contributed by atoms with van der Waals surface area (Å²) in [6, 6.07) is 0. The van der Waals surface area contributed by atoms with E-state index < -0.39 is 0 Å². The number of hydrogen-bond acceptors (Lipinski definition) is 0. The molecule has 4 unspecified atom stereocenters. The van der Waals surface area contributed by atoms with Crippen molar-refractivity contribution in [1.29, 1.82) is 0 Å². The lowest BCUT2D eigenvalue weighted by Gasteiger charge is -2.28. The molecule has 0 N–H and O–H groups in total. The van der Waals surface area contributed by atoms with Crippen LogP contribution in [0.25, 0.3) is 0 Å². The molecule has 4 aliphatic carbocycles. The molecule has 0 saturated carbocycles. The summed E-state index contributed by atoms with van der Waals surface area (Å²) >= 11 is 4.24. The monoisotopic (exact) mass is 876 g/mol. The van der Waals surface area contributed by atoms with Gasteiger partial charge in [-0.2, -0.15) is 0 Å². The Labute approximate surface area is 321 Å². The van der Waals surface area contributed by atoms with Crippen molar-refractivity contribution in [3.05, 3.63) is 57.2 Å². The van der Waals surface area contributed by atoms with E-state index >= 15 is 0 Å². The molecule has 0 spiro atoms. The Kier molecular flexibility index (Phi) is 24.7. The Hall–Kier alpha value is 0.160. The van der Waals surface area contributed by atoms with Crippen molar-refractivity contribution >= 4 is 37.2 Å². The van der Waals surface area contributed by atoms with E-state index in [4.69, 9.17) is 0 Å². The highest BCUT2D eigenvalue weighted by atomic mass is 128. The van der Waals surface area contributed by atoms with Crippen molar-refractivity contribution < 1.29 is 0 Å². The van der Waals surface area contributed by atoms with Crippen LogP contribution in [0.5, 0.6) is 0 Å². The van der Waals surface area contributed by atoms with Gasteiger partial charge < -0.3 is 0 Å². The number of allylic oxidation sites excluding steroid dienone is 9. The fraction of sp³-hybridized carbons (Fsp3) is 0.778. The maximum absolute atomic E-state index is 3.36.